The highest BCUT2D eigenvalue weighted by molar-refractivity contribution is 5.22. The molecule has 20 heavy (non-hydrogen) atoms. The molecule has 1 atom stereocenters. The van der Waals surface area contributed by atoms with Crippen LogP contribution in [0.25, 0.3) is 0 Å². The van der Waals surface area contributed by atoms with Crippen molar-refractivity contribution in [2.24, 2.45) is 0 Å². The molecule has 0 amide bonds. The monoisotopic (exact) mass is 272 g/mol. The topological polar surface area (TPSA) is 6.48 Å². The van der Waals surface area contributed by atoms with Crippen LogP contribution in [0.3, 0.4) is 0 Å². The highest BCUT2D eigenvalue weighted by Gasteiger charge is 2.28. The highest BCUT2D eigenvalue weighted by Crippen LogP contribution is 2.32. The van der Waals surface area contributed by atoms with E-state index in [9.17, 15) is 0 Å². The molecule has 1 aliphatic rings. The number of rotatable bonds is 7. The summed E-state index contributed by atoms with van der Waals surface area (Å²) in [6, 6.07) is 11.4. The zero-order valence-corrected chi connectivity index (χ0v) is 13.1. The zero-order chi connectivity index (χ0) is 14.4. The fraction of sp³-hybridized carbons (Fsp3) is 0.556. The third kappa shape index (κ3) is 3.56. The van der Waals surface area contributed by atoms with E-state index in [1.165, 1.54) is 31.2 Å². The summed E-state index contributed by atoms with van der Waals surface area (Å²) in [4.78, 5) is 4.94. The van der Waals surface area contributed by atoms with Crippen LogP contribution in [0.15, 0.2) is 42.7 Å². The number of hydrogen-bond acceptors (Lipinski definition) is 2. The third-order valence-electron chi connectivity index (χ3n) is 3.99. The van der Waals surface area contributed by atoms with Crippen LogP contribution in [0, 0.1) is 0 Å². The summed E-state index contributed by atoms with van der Waals surface area (Å²) in [7, 11) is 0. The maximum absolute atomic E-state index is 2.49. The third-order valence-corrected chi connectivity index (χ3v) is 3.99. The van der Waals surface area contributed by atoms with Crippen molar-refractivity contribution in [3.05, 3.63) is 48.3 Å². The van der Waals surface area contributed by atoms with Crippen molar-refractivity contribution in [3.8, 4) is 0 Å². The van der Waals surface area contributed by atoms with Gasteiger partial charge < -0.3 is 9.80 Å². The minimum absolute atomic E-state index is 0.373. The van der Waals surface area contributed by atoms with E-state index >= 15 is 0 Å². The number of benzene rings is 1. The molecule has 1 aromatic rings. The Morgan fingerprint density at radius 2 is 1.75 bits per heavy atom. The summed E-state index contributed by atoms with van der Waals surface area (Å²) in [6.07, 6.45) is 10.2. The molecule has 110 valence electrons. The lowest BCUT2D eigenvalue weighted by Gasteiger charge is -2.35. The fourth-order valence-electron chi connectivity index (χ4n) is 2.86. The summed E-state index contributed by atoms with van der Waals surface area (Å²) in [5.74, 6) is 0. The molecule has 1 heterocycles. The molecule has 0 bridgehead atoms. The largest absolute Gasteiger partial charge is 0.352 e. The van der Waals surface area contributed by atoms with E-state index in [0.717, 1.165) is 6.54 Å². The minimum atomic E-state index is 0.373. The zero-order valence-electron chi connectivity index (χ0n) is 13.1. The van der Waals surface area contributed by atoms with Gasteiger partial charge in [0.2, 0.25) is 0 Å². The van der Waals surface area contributed by atoms with Crippen molar-refractivity contribution in [3.63, 3.8) is 0 Å². The molecule has 0 radical (unpaired) electrons. The van der Waals surface area contributed by atoms with Crippen molar-refractivity contribution in [2.45, 2.75) is 58.7 Å². The van der Waals surface area contributed by atoms with Crippen LogP contribution in [-0.4, -0.2) is 22.4 Å². The SMILES string of the molecule is CCCCCCN1C=CN(C(C)C)C1c1ccccc1. The van der Waals surface area contributed by atoms with Gasteiger partial charge in [-0.2, -0.15) is 0 Å². The predicted molar refractivity (Wildman–Crippen MR) is 86.1 cm³/mol. The van der Waals surface area contributed by atoms with E-state index in [1.54, 1.807) is 0 Å². The average Bonchev–Trinajstić information content (AvgIpc) is 2.88. The first-order valence-corrected chi connectivity index (χ1v) is 8.00. The van der Waals surface area contributed by atoms with Crippen LogP contribution < -0.4 is 0 Å². The molecule has 2 nitrogen and oxygen atoms in total. The first-order valence-electron chi connectivity index (χ1n) is 8.00. The molecule has 1 aliphatic heterocycles. The van der Waals surface area contributed by atoms with Crippen LogP contribution >= 0.6 is 0 Å². The Balaban J connectivity index is 2.05. The molecular weight excluding hydrogens is 244 g/mol. The van der Waals surface area contributed by atoms with Gasteiger partial charge in [-0.3, -0.25) is 0 Å². The van der Waals surface area contributed by atoms with E-state index in [-0.39, 0.29) is 0 Å². The number of hydrogen-bond donors (Lipinski definition) is 0. The molecular formula is C18H28N2. The van der Waals surface area contributed by atoms with Crippen LogP contribution in [0.4, 0.5) is 0 Å². The molecule has 0 saturated carbocycles. The van der Waals surface area contributed by atoms with Gasteiger partial charge in [0.1, 0.15) is 6.17 Å². The lowest BCUT2D eigenvalue weighted by atomic mass is 10.1. The Morgan fingerprint density at radius 3 is 2.40 bits per heavy atom. The van der Waals surface area contributed by atoms with Crippen LogP contribution in [-0.2, 0) is 0 Å². The maximum Gasteiger partial charge on any atom is 0.127 e. The molecule has 0 saturated heterocycles. The van der Waals surface area contributed by atoms with Gasteiger partial charge in [0.15, 0.2) is 0 Å². The first kappa shape index (κ1) is 15.0. The molecule has 0 aromatic heterocycles. The Kier molecular flexibility index (Phi) is 5.51. The van der Waals surface area contributed by atoms with Crippen molar-refractivity contribution in [2.75, 3.05) is 6.54 Å². The Hall–Kier alpha value is -1.44. The molecule has 0 fully saturated rings. The van der Waals surface area contributed by atoms with Crippen molar-refractivity contribution < 1.29 is 0 Å². The second-order valence-corrected chi connectivity index (χ2v) is 5.92. The fourth-order valence-corrected chi connectivity index (χ4v) is 2.86. The average molecular weight is 272 g/mol. The van der Waals surface area contributed by atoms with E-state index in [0.29, 0.717) is 12.2 Å². The van der Waals surface area contributed by atoms with Crippen LogP contribution in [0.2, 0.25) is 0 Å². The molecule has 1 aromatic carbocycles. The number of unbranched alkanes of at least 4 members (excludes halogenated alkanes) is 3. The highest BCUT2D eigenvalue weighted by atomic mass is 15.4. The molecule has 0 spiro atoms. The lowest BCUT2D eigenvalue weighted by molar-refractivity contribution is 0.126. The minimum Gasteiger partial charge on any atom is -0.352 e. The van der Waals surface area contributed by atoms with Crippen LogP contribution in [0.5, 0.6) is 0 Å². The second kappa shape index (κ2) is 7.37. The van der Waals surface area contributed by atoms with Crippen molar-refractivity contribution >= 4 is 0 Å². The summed E-state index contributed by atoms with van der Waals surface area (Å²) in [5.41, 5.74) is 1.39. The quantitative estimate of drug-likeness (QED) is 0.660. The summed E-state index contributed by atoms with van der Waals surface area (Å²) in [6.45, 7) is 7.95. The smallest absolute Gasteiger partial charge is 0.127 e. The van der Waals surface area contributed by atoms with Crippen LogP contribution in [0.1, 0.15) is 58.2 Å². The first-order chi connectivity index (χ1) is 9.74. The molecule has 2 heteroatoms. The van der Waals surface area contributed by atoms with Gasteiger partial charge in [0, 0.05) is 25.0 Å². The van der Waals surface area contributed by atoms with Gasteiger partial charge >= 0.3 is 0 Å². The van der Waals surface area contributed by atoms with Gasteiger partial charge in [-0.1, -0.05) is 56.5 Å². The van der Waals surface area contributed by atoms with Crippen molar-refractivity contribution in [1.82, 2.24) is 9.80 Å². The predicted octanol–water partition coefficient (Wildman–Crippen LogP) is 4.76. The van der Waals surface area contributed by atoms with Gasteiger partial charge in [-0.15, -0.1) is 0 Å². The summed E-state index contributed by atoms with van der Waals surface area (Å²) in [5, 5.41) is 0. The Bertz CT molecular complexity index is 411. The molecule has 1 unspecified atom stereocenters. The lowest BCUT2D eigenvalue weighted by Crippen LogP contribution is -2.35. The van der Waals surface area contributed by atoms with E-state index in [2.05, 4.69) is 73.3 Å². The number of nitrogens with zero attached hydrogens (tertiary/aromatic N) is 2. The summed E-state index contributed by atoms with van der Waals surface area (Å²) < 4.78 is 0. The van der Waals surface area contributed by atoms with E-state index in [1.807, 2.05) is 0 Å². The molecule has 2 rings (SSSR count). The van der Waals surface area contributed by atoms with Gasteiger partial charge in [-0.25, -0.2) is 0 Å². The summed E-state index contributed by atoms with van der Waals surface area (Å²) >= 11 is 0. The Morgan fingerprint density at radius 1 is 1.00 bits per heavy atom. The van der Waals surface area contributed by atoms with E-state index in [4.69, 9.17) is 0 Å². The standard InChI is InChI=1S/C18H28N2/c1-4-5-6-10-13-19-14-15-20(16(2)3)18(19)17-11-8-7-9-12-17/h7-9,11-12,14-16,18H,4-6,10,13H2,1-3H3. The Labute approximate surface area is 124 Å². The van der Waals surface area contributed by atoms with E-state index < -0.39 is 0 Å². The molecule has 0 N–H and O–H groups in total. The van der Waals surface area contributed by atoms with Gasteiger partial charge in [0.25, 0.3) is 0 Å². The van der Waals surface area contributed by atoms with Gasteiger partial charge in [-0.05, 0) is 25.8 Å². The van der Waals surface area contributed by atoms with Crippen molar-refractivity contribution in [1.29, 1.82) is 0 Å². The maximum atomic E-state index is 2.49. The van der Waals surface area contributed by atoms with Gasteiger partial charge in [0.05, 0.1) is 0 Å². The normalized spacial score (nSPS) is 18.3. The second-order valence-electron chi connectivity index (χ2n) is 5.92. The molecule has 0 aliphatic carbocycles.